The van der Waals surface area contributed by atoms with Crippen molar-refractivity contribution in [3.8, 4) is 0 Å². The summed E-state index contributed by atoms with van der Waals surface area (Å²) in [6.45, 7) is 8.25. The Labute approximate surface area is 155 Å². The molecule has 0 saturated heterocycles. The van der Waals surface area contributed by atoms with Gasteiger partial charge in [0.05, 0.1) is 6.54 Å². The van der Waals surface area contributed by atoms with Gasteiger partial charge in [0.15, 0.2) is 5.11 Å². The molecule has 0 aliphatic carbocycles. The smallest absolute Gasteiger partial charge is 0.243 e. The lowest BCUT2D eigenvalue weighted by atomic mass is 10.1. The van der Waals surface area contributed by atoms with Crippen molar-refractivity contribution >= 4 is 34.6 Å². The van der Waals surface area contributed by atoms with E-state index >= 15 is 0 Å². The molecule has 5 heteroatoms. The highest BCUT2D eigenvalue weighted by molar-refractivity contribution is 7.80. The number of hydrogen-bond acceptors (Lipinski definition) is 2. The van der Waals surface area contributed by atoms with E-state index in [0.717, 1.165) is 28.9 Å². The van der Waals surface area contributed by atoms with Crippen molar-refractivity contribution in [2.45, 2.75) is 34.1 Å². The summed E-state index contributed by atoms with van der Waals surface area (Å²) < 4.78 is 0. The molecule has 0 atom stereocenters. The first kappa shape index (κ1) is 18.9. The number of thiocarbonyl (C=S) groups is 1. The molecule has 0 aliphatic heterocycles. The monoisotopic (exact) mass is 355 g/mol. The van der Waals surface area contributed by atoms with Crippen LogP contribution in [0.4, 0.5) is 11.4 Å². The molecule has 2 rings (SSSR count). The summed E-state index contributed by atoms with van der Waals surface area (Å²) in [5.41, 5.74) is 6.32. The number of nitrogens with one attached hydrogen (secondary N) is 3. The lowest BCUT2D eigenvalue weighted by molar-refractivity contribution is -0.115. The topological polar surface area (TPSA) is 53.2 Å². The van der Waals surface area contributed by atoms with Gasteiger partial charge in [0.2, 0.25) is 5.91 Å². The Kier molecular flexibility index (Phi) is 6.53. The van der Waals surface area contributed by atoms with E-state index in [4.69, 9.17) is 12.2 Å². The van der Waals surface area contributed by atoms with E-state index in [1.807, 2.05) is 39.0 Å². The van der Waals surface area contributed by atoms with Crippen molar-refractivity contribution in [3.05, 3.63) is 58.7 Å². The van der Waals surface area contributed by atoms with Gasteiger partial charge in [-0.3, -0.25) is 4.79 Å². The lowest BCUT2D eigenvalue weighted by Gasteiger charge is -2.15. The van der Waals surface area contributed by atoms with Crippen molar-refractivity contribution in [2.75, 3.05) is 17.2 Å². The van der Waals surface area contributed by atoms with Gasteiger partial charge in [0.1, 0.15) is 0 Å². The summed E-state index contributed by atoms with van der Waals surface area (Å²) >= 11 is 5.29. The third kappa shape index (κ3) is 5.29. The summed E-state index contributed by atoms with van der Waals surface area (Å²) in [5.74, 6) is -0.122. The van der Waals surface area contributed by atoms with Gasteiger partial charge in [-0.15, -0.1) is 0 Å². The molecular weight excluding hydrogens is 330 g/mol. The van der Waals surface area contributed by atoms with Gasteiger partial charge in [0.25, 0.3) is 0 Å². The van der Waals surface area contributed by atoms with Crippen LogP contribution in [0.1, 0.15) is 29.2 Å². The van der Waals surface area contributed by atoms with Crippen molar-refractivity contribution in [1.82, 2.24) is 5.32 Å². The summed E-state index contributed by atoms with van der Waals surface area (Å²) in [6, 6.07) is 12.1. The molecule has 0 bridgehead atoms. The highest BCUT2D eigenvalue weighted by atomic mass is 32.1. The minimum absolute atomic E-state index is 0.118. The van der Waals surface area contributed by atoms with Crippen molar-refractivity contribution in [1.29, 1.82) is 0 Å². The minimum Gasteiger partial charge on any atom is -0.353 e. The van der Waals surface area contributed by atoms with Crippen molar-refractivity contribution < 1.29 is 4.79 Å². The summed E-state index contributed by atoms with van der Waals surface area (Å²) in [7, 11) is 0. The van der Waals surface area contributed by atoms with Crippen LogP contribution in [0.2, 0.25) is 0 Å². The third-order valence-electron chi connectivity index (χ3n) is 4.00. The van der Waals surface area contributed by atoms with Gasteiger partial charge in [0, 0.05) is 11.4 Å². The number of hydrogen-bond donors (Lipinski definition) is 3. The maximum absolute atomic E-state index is 12.2. The number of amides is 1. The van der Waals surface area contributed by atoms with Crippen LogP contribution in [0.25, 0.3) is 0 Å². The first-order valence-electron chi connectivity index (χ1n) is 8.41. The molecule has 0 aliphatic rings. The number of anilines is 2. The molecular formula is C20H25N3OS. The number of rotatable bonds is 5. The largest absolute Gasteiger partial charge is 0.353 e. The fraction of sp³-hybridized carbons (Fsp3) is 0.300. The molecule has 0 aromatic heterocycles. The summed E-state index contributed by atoms with van der Waals surface area (Å²) in [6.07, 6.45) is 0.915. The van der Waals surface area contributed by atoms with E-state index in [0.29, 0.717) is 5.11 Å². The van der Waals surface area contributed by atoms with E-state index in [1.54, 1.807) is 0 Å². The minimum atomic E-state index is -0.122. The molecule has 0 radical (unpaired) electrons. The zero-order valence-corrected chi connectivity index (χ0v) is 16.0. The van der Waals surface area contributed by atoms with Gasteiger partial charge in [-0.05, 0) is 62.2 Å². The van der Waals surface area contributed by atoms with Crippen molar-refractivity contribution in [3.63, 3.8) is 0 Å². The van der Waals surface area contributed by atoms with Crippen molar-refractivity contribution in [2.24, 2.45) is 0 Å². The second kappa shape index (κ2) is 8.62. The van der Waals surface area contributed by atoms with E-state index in [2.05, 4.69) is 41.1 Å². The Morgan fingerprint density at radius 2 is 1.68 bits per heavy atom. The number of benzene rings is 2. The molecule has 0 saturated carbocycles. The second-order valence-electron chi connectivity index (χ2n) is 6.14. The van der Waals surface area contributed by atoms with Crippen LogP contribution in [0, 0.1) is 20.8 Å². The molecule has 3 N–H and O–H groups in total. The van der Waals surface area contributed by atoms with E-state index in [1.165, 1.54) is 11.1 Å². The molecule has 0 fully saturated rings. The average Bonchev–Trinajstić information content (AvgIpc) is 2.56. The first-order valence-corrected chi connectivity index (χ1v) is 8.82. The van der Waals surface area contributed by atoms with Crippen LogP contribution < -0.4 is 16.0 Å². The van der Waals surface area contributed by atoms with Crippen LogP contribution in [0.3, 0.4) is 0 Å². The molecule has 0 heterocycles. The normalized spacial score (nSPS) is 10.2. The predicted molar refractivity (Wildman–Crippen MR) is 109 cm³/mol. The zero-order chi connectivity index (χ0) is 18.4. The number of carbonyl (C=O) groups excluding carboxylic acids is 1. The van der Waals surface area contributed by atoms with Gasteiger partial charge < -0.3 is 16.0 Å². The highest BCUT2D eigenvalue weighted by Gasteiger charge is 2.09. The molecule has 25 heavy (non-hydrogen) atoms. The predicted octanol–water partition coefficient (Wildman–Crippen LogP) is 4.10. The fourth-order valence-electron chi connectivity index (χ4n) is 2.84. The second-order valence-corrected chi connectivity index (χ2v) is 6.55. The van der Waals surface area contributed by atoms with E-state index in [-0.39, 0.29) is 12.5 Å². The van der Waals surface area contributed by atoms with Crippen LogP contribution in [0.15, 0.2) is 36.4 Å². The fourth-order valence-corrected chi connectivity index (χ4v) is 3.02. The molecule has 0 spiro atoms. The Hall–Kier alpha value is -2.40. The highest BCUT2D eigenvalue weighted by Crippen LogP contribution is 2.21. The van der Waals surface area contributed by atoms with Crippen LogP contribution >= 0.6 is 12.2 Å². The maximum Gasteiger partial charge on any atom is 0.243 e. The number of para-hydroxylation sites is 1. The molecule has 2 aromatic rings. The van der Waals surface area contributed by atoms with Crippen LogP contribution in [-0.4, -0.2) is 17.6 Å². The summed E-state index contributed by atoms with van der Waals surface area (Å²) in [5, 5.41) is 9.51. The standard InChI is InChI=1S/C20H25N3OS/c1-5-16-8-6-7-9-17(16)22-20(25)21-12-18(24)23-19-14(3)10-13(2)11-15(19)4/h6-11H,5,12H2,1-4H3,(H,23,24)(H2,21,22,25). The molecule has 1 amide bonds. The maximum atomic E-state index is 12.2. The third-order valence-corrected chi connectivity index (χ3v) is 4.24. The van der Waals surface area contributed by atoms with Gasteiger partial charge >= 0.3 is 0 Å². The van der Waals surface area contributed by atoms with Crippen LogP contribution in [-0.2, 0) is 11.2 Å². The Morgan fingerprint density at radius 3 is 2.32 bits per heavy atom. The first-order chi connectivity index (χ1) is 11.9. The SMILES string of the molecule is CCc1ccccc1NC(=S)NCC(=O)Nc1c(C)cc(C)cc1C. The number of aryl methyl sites for hydroxylation is 4. The Balaban J connectivity index is 1.91. The van der Waals surface area contributed by atoms with Gasteiger partial charge in [-0.1, -0.05) is 42.8 Å². The lowest BCUT2D eigenvalue weighted by Crippen LogP contribution is -2.36. The Morgan fingerprint density at radius 1 is 1.04 bits per heavy atom. The number of carbonyl (C=O) groups is 1. The zero-order valence-electron chi connectivity index (χ0n) is 15.2. The van der Waals surface area contributed by atoms with Gasteiger partial charge in [-0.25, -0.2) is 0 Å². The molecule has 2 aromatic carbocycles. The molecule has 132 valence electrons. The average molecular weight is 356 g/mol. The summed E-state index contributed by atoms with van der Waals surface area (Å²) in [4.78, 5) is 12.2. The molecule has 0 unspecified atom stereocenters. The van der Waals surface area contributed by atoms with E-state index in [9.17, 15) is 4.79 Å². The van der Waals surface area contributed by atoms with E-state index < -0.39 is 0 Å². The quantitative estimate of drug-likeness (QED) is 0.707. The van der Waals surface area contributed by atoms with Crippen LogP contribution in [0.5, 0.6) is 0 Å². The Bertz CT molecular complexity index is 763. The molecule has 4 nitrogen and oxygen atoms in total. The van der Waals surface area contributed by atoms with Gasteiger partial charge in [-0.2, -0.15) is 0 Å².